The molecule has 1 aromatic carbocycles. The molecule has 1 unspecified atom stereocenters. The number of aryl methyl sites for hydroxylation is 2. The molecule has 0 fully saturated rings. The van der Waals surface area contributed by atoms with Crippen molar-refractivity contribution in [3.05, 3.63) is 46.0 Å². The predicted molar refractivity (Wildman–Crippen MR) is 89.9 cm³/mol. The third-order valence-electron chi connectivity index (χ3n) is 3.60. The monoisotopic (exact) mass is 303 g/mol. The Morgan fingerprint density at radius 3 is 2.76 bits per heavy atom. The van der Waals surface area contributed by atoms with E-state index in [1.54, 1.807) is 0 Å². The number of hydrogen-bond donors (Lipinski definition) is 1. The molecule has 114 valence electrons. The van der Waals surface area contributed by atoms with E-state index in [0.717, 1.165) is 31.5 Å². The second kappa shape index (κ2) is 8.25. The van der Waals surface area contributed by atoms with Crippen LogP contribution in [-0.2, 0) is 12.8 Å². The number of nitrogens with zero attached hydrogens (tertiary/aromatic N) is 2. The first-order valence-electron chi connectivity index (χ1n) is 7.93. The topological polar surface area (TPSA) is 37.8 Å². The Balaban J connectivity index is 2.33. The second-order valence-electron chi connectivity index (χ2n) is 5.32. The summed E-state index contributed by atoms with van der Waals surface area (Å²) < 4.78 is 4.16. The fourth-order valence-electron chi connectivity index (χ4n) is 2.55. The van der Waals surface area contributed by atoms with Gasteiger partial charge in [-0.25, -0.2) is 0 Å². The molecule has 0 saturated heterocycles. The largest absolute Gasteiger partial charge is 0.305 e. The van der Waals surface area contributed by atoms with Gasteiger partial charge in [-0.2, -0.15) is 0 Å². The highest BCUT2D eigenvalue weighted by Crippen LogP contribution is 2.28. The molecule has 1 N–H and O–H groups in total. The highest BCUT2D eigenvalue weighted by molar-refractivity contribution is 7.05. The van der Waals surface area contributed by atoms with Crippen LogP contribution < -0.4 is 5.32 Å². The minimum Gasteiger partial charge on any atom is -0.305 e. The summed E-state index contributed by atoms with van der Waals surface area (Å²) in [6.07, 6.45) is 4.37. The summed E-state index contributed by atoms with van der Waals surface area (Å²) in [4.78, 5) is 1.26. The van der Waals surface area contributed by atoms with Gasteiger partial charge >= 0.3 is 0 Å². The van der Waals surface area contributed by atoms with Crippen LogP contribution in [0.15, 0.2) is 24.3 Å². The summed E-state index contributed by atoms with van der Waals surface area (Å²) >= 11 is 1.52. The van der Waals surface area contributed by atoms with E-state index in [0.29, 0.717) is 0 Å². The van der Waals surface area contributed by atoms with Crippen molar-refractivity contribution >= 4 is 11.5 Å². The zero-order chi connectivity index (χ0) is 15.1. The second-order valence-corrected chi connectivity index (χ2v) is 6.11. The first kappa shape index (κ1) is 16.1. The van der Waals surface area contributed by atoms with Crippen LogP contribution in [0.4, 0.5) is 0 Å². The van der Waals surface area contributed by atoms with Gasteiger partial charge in [0.05, 0.1) is 16.6 Å². The van der Waals surface area contributed by atoms with Crippen LogP contribution in [0.25, 0.3) is 0 Å². The van der Waals surface area contributed by atoms with Crippen molar-refractivity contribution in [2.24, 2.45) is 0 Å². The fraction of sp³-hybridized carbons (Fsp3) is 0.529. The number of benzene rings is 1. The maximum Gasteiger partial charge on any atom is 0.0804 e. The Bertz CT molecular complexity index is 550. The van der Waals surface area contributed by atoms with Gasteiger partial charge in [0.2, 0.25) is 0 Å². The Hall–Kier alpha value is -1.26. The lowest BCUT2D eigenvalue weighted by Gasteiger charge is -2.19. The molecule has 2 rings (SSSR count). The average Bonchev–Trinajstić information content (AvgIpc) is 2.97. The molecule has 0 aliphatic rings. The quantitative estimate of drug-likeness (QED) is 0.796. The van der Waals surface area contributed by atoms with E-state index in [1.165, 1.54) is 34.0 Å². The maximum absolute atomic E-state index is 4.28. The lowest BCUT2D eigenvalue weighted by Crippen LogP contribution is -2.23. The van der Waals surface area contributed by atoms with Gasteiger partial charge in [0, 0.05) is 0 Å². The summed E-state index contributed by atoms with van der Waals surface area (Å²) in [7, 11) is 0. The van der Waals surface area contributed by atoms with Crippen LogP contribution in [0.5, 0.6) is 0 Å². The molecule has 1 atom stereocenters. The first-order chi connectivity index (χ1) is 10.3. The van der Waals surface area contributed by atoms with E-state index in [2.05, 4.69) is 59.9 Å². The minimum atomic E-state index is 0.219. The highest BCUT2D eigenvalue weighted by Gasteiger charge is 2.20. The molecule has 1 aromatic heterocycles. The number of hydrogen-bond acceptors (Lipinski definition) is 4. The SMILES string of the molecule is CCCNC(c1cccc(CCC)c1)c1snnc1CC. The third kappa shape index (κ3) is 4.11. The molecule has 0 saturated carbocycles. The molecule has 1 heterocycles. The van der Waals surface area contributed by atoms with E-state index >= 15 is 0 Å². The molecule has 21 heavy (non-hydrogen) atoms. The Morgan fingerprint density at radius 2 is 2.05 bits per heavy atom. The van der Waals surface area contributed by atoms with Crippen molar-refractivity contribution < 1.29 is 0 Å². The summed E-state index contributed by atoms with van der Waals surface area (Å²) in [5.74, 6) is 0. The van der Waals surface area contributed by atoms with Gasteiger partial charge in [-0.3, -0.25) is 0 Å². The van der Waals surface area contributed by atoms with E-state index in [-0.39, 0.29) is 6.04 Å². The van der Waals surface area contributed by atoms with Gasteiger partial charge in [-0.15, -0.1) is 5.10 Å². The minimum absolute atomic E-state index is 0.219. The van der Waals surface area contributed by atoms with Crippen molar-refractivity contribution in [1.29, 1.82) is 0 Å². The lowest BCUT2D eigenvalue weighted by molar-refractivity contribution is 0.600. The van der Waals surface area contributed by atoms with E-state index in [4.69, 9.17) is 0 Å². The van der Waals surface area contributed by atoms with E-state index < -0.39 is 0 Å². The lowest BCUT2D eigenvalue weighted by atomic mass is 9.99. The smallest absolute Gasteiger partial charge is 0.0804 e. The Labute approximate surface area is 132 Å². The van der Waals surface area contributed by atoms with Gasteiger partial charge < -0.3 is 5.32 Å². The van der Waals surface area contributed by atoms with Crippen molar-refractivity contribution in [3.8, 4) is 0 Å². The molecule has 3 nitrogen and oxygen atoms in total. The number of aromatic nitrogens is 2. The molecular formula is C17H25N3S. The maximum atomic E-state index is 4.28. The van der Waals surface area contributed by atoms with Gasteiger partial charge in [-0.1, -0.05) is 55.9 Å². The van der Waals surface area contributed by atoms with Crippen LogP contribution >= 0.6 is 11.5 Å². The van der Waals surface area contributed by atoms with Crippen LogP contribution in [0, 0.1) is 0 Å². The molecule has 0 amide bonds. The molecule has 0 bridgehead atoms. The molecule has 2 aromatic rings. The average molecular weight is 303 g/mol. The van der Waals surface area contributed by atoms with Gasteiger partial charge in [0.15, 0.2) is 0 Å². The van der Waals surface area contributed by atoms with Crippen LogP contribution in [0.1, 0.15) is 61.4 Å². The molecule has 0 aliphatic heterocycles. The number of rotatable bonds is 8. The van der Waals surface area contributed by atoms with Crippen LogP contribution in [0.2, 0.25) is 0 Å². The first-order valence-corrected chi connectivity index (χ1v) is 8.70. The summed E-state index contributed by atoms with van der Waals surface area (Å²) in [5, 5.41) is 7.94. The van der Waals surface area contributed by atoms with Crippen molar-refractivity contribution in [1.82, 2.24) is 14.9 Å². The van der Waals surface area contributed by atoms with Crippen molar-refractivity contribution in [2.45, 2.75) is 52.5 Å². The van der Waals surface area contributed by atoms with E-state index in [1.807, 2.05) is 0 Å². The van der Waals surface area contributed by atoms with Gasteiger partial charge in [-0.05, 0) is 48.5 Å². The normalized spacial score (nSPS) is 12.5. The van der Waals surface area contributed by atoms with Crippen LogP contribution in [0.3, 0.4) is 0 Å². The summed E-state index contributed by atoms with van der Waals surface area (Å²) in [5.41, 5.74) is 3.86. The third-order valence-corrected chi connectivity index (χ3v) is 4.44. The highest BCUT2D eigenvalue weighted by atomic mass is 32.1. The van der Waals surface area contributed by atoms with Crippen molar-refractivity contribution in [3.63, 3.8) is 0 Å². The summed E-state index contributed by atoms with van der Waals surface area (Å²) in [6, 6.07) is 9.15. The van der Waals surface area contributed by atoms with Crippen LogP contribution in [-0.4, -0.2) is 16.1 Å². The molecule has 0 aliphatic carbocycles. The van der Waals surface area contributed by atoms with Gasteiger partial charge in [0.25, 0.3) is 0 Å². The molecule has 0 radical (unpaired) electrons. The van der Waals surface area contributed by atoms with E-state index in [9.17, 15) is 0 Å². The van der Waals surface area contributed by atoms with Gasteiger partial charge in [0.1, 0.15) is 0 Å². The summed E-state index contributed by atoms with van der Waals surface area (Å²) in [6.45, 7) is 7.57. The zero-order valence-electron chi connectivity index (χ0n) is 13.2. The fourth-order valence-corrected chi connectivity index (χ4v) is 3.39. The predicted octanol–water partition coefficient (Wildman–Crippen LogP) is 4.14. The Kier molecular flexibility index (Phi) is 6.33. The standard InChI is InChI=1S/C17H25N3S/c1-4-8-13-9-7-10-14(12-13)16(18-11-5-2)17-15(6-3)19-20-21-17/h7,9-10,12,16,18H,4-6,8,11H2,1-3H3. The molecule has 0 spiro atoms. The zero-order valence-corrected chi connectivity index (χ0v) is 14.0. The number of nitrogens with one attached hydrogen (secondary N) is 1. The Morgan fingerprint density at radius 1 is 1.19 bits per heavy atom. The molecular weight excluding hydrogens is 278 g/mol. The van der Waals surface area contributed by atoms with Crippen molar-refractivity contribution in [2.75, 3.05) is 6.54 Å². The molecule has 4 heteroatoms.